The second-order valence-electron chi connectivity index (χ2n) is 4.60. The molecule has 19 heavy (non-hydrogen) atoms. The molecule has 5 heteroatoms. The summed E-state index contributed by atoms with van der Waals surface area (Å²) in [6.07, 6.45) is 3.60. The summed E-state index contributed by atoms with van der Waals surface area (Å²) in [6.45, 7) is 4.53. The second kappa shape index (κ2) is 5.93. The van der Waals surface area contributed by atoms with Crippen LogP contribution in [0.1, 0.15) is 22.8 Å². The normalized spacial score (nSPS) is 12.2. The van der Waals surface area contributed by atoms with Gasteiger partial charge in [-0.2, -0.15) is 5.10 Å². The molecule has 100 valence electrons. The Morgan fingerprint density at radius 2 is 2.32 bits per heavy atom. The van der Waals surface area contributed by atoms with Crippen molar-refractivity contribution in [2.45, 2.75) is 31.3 Å². The lowest BCUT2D eigenvalue weighted by atomic mass is 10.1. The molecule has 1 aromatic heterocycles. The van der Waals surface area contributed by atoms with Crippen molar-refractivity contribution >= 4 is 18.5 Å². The average molecular weight is 275 g/mol. The largest absolute Gasteiger partial charge is 0.348 e. The number of amides is 1. The van der Waals surface area contributed by atoms with E-state index in [0.29, 0.717) is 12.1 Å². The average Bonchev–Trinajstić information content (AvgIpc) is 2.84. The molecule has 2 rings (SSSR count). The van der Waals surface area contributed by atoms with Crippen molar-refractivity contribution in [2.75, 3.05) is 0 Å². The van der Waals surface area contributed by atoms with Gasteiger partial charge in [0.05, 0.1) is 6.54 Å². The topological polar surface area (TPSA) is 46.9 Å². The first-order valence-corrected chi connectivity index (χ1v) is 6.59. The quantitative estimate of drug-likeness (QED) is 0.841. The lowest BCUT2D eigenvalue weighted by Crippen LogP contribution is -2.36. The Morgan fingerprint density at radius 3 is 3.00 bits per heavy atom. The lowest BCUT2D eigenvalue weighted by Gasteiger charge is -2.15. The van der Waals surface area contributed by atoms with E-state index in [4.69, 9.17) is 0 Å². The van der Waals surface area contributed by atoms with Crippen molar-refractivity contribution in [3.8, 4) is 0 Å². The van der Waals surface area contributed by atoms with Crippen molar-refractivity contribution < 1.29 is 4.79 Å². The Balaban J connectivity index is 2.02. The second-order valence-corrected chi connectivity index (χ2v) is 5.12. The molecule has 1 unspecified atom stereocenters. The van der Waals surface area contributed by atoms with Crippen LogP contribution in [0.2, 0.25) is 0 Å². The Kier molecular flexibility index (Phi) is 4.27. The van der Waals surface area contributed by atoms with Gasteiger partial charge in [0.2, 0.25) is 0 Å². The molecular formula is C14H17N3OS. The summed E-state index contributed by atoms with van der Waals surface area (Å²) in [4.78, 5) is 13.0. The van der Waals surface area contributed by atoms with Crippen LogP contribution in [0.15, 0.2) is 41.6 Å². The van der Waals surface area contributed by atoms with E-state index in [-0.39, 0.29) is 11.9 Å². The maximum absolute atomic E-state index is 12.2. The SMILES string of the molecule is Cc1ccc(S)cc1C(=O)NC(C)Cn1cccn1. The van der Waals surface area contributed by atoms with Gasteiger partial charge in [0.15, 0.2) is 0 Å². The highest BCUT2D eigenvalue weighted by Crippen LogP contribution is 2.14. The summed E-state index contributed by atoms with van der Waals surface area (Å²) in [5.74, 6) is -0.0759. The summed E-state index contributed by atoms with van der Waals surface area (Å²) in [5.41, 5.74) is 1.61. The van der Waals surface area contributed by atoms with Crippen LogP contribution in [0, 0.1) is 6.92 Å². The van der Waals surface area contributed by atoms with Gasteiger partial charge in [0.1, 0.15) is 0 Å². The van der Waals surface area contributed by atoms with E-state index in [1.165, 1.54) is 0 Å². The minimum atomic E-state index is -0.0759. The lowest BCUT2D eigenvalue weighted by molar-refractivity contribution is 0.0935. The van der Waals surface area contributed by atoms with Crippen molar-refractivity contribution in [1.82, 2.24) is 15.1 Å². The molecule has 1 heterocycles. The third-order valence-electron chi connectivity index (χ3n) is 2.86. The first-order valence-electron chi connectivity index (χ1n) is 6.14. The van der Waals surface area contributed by atoms with Crippen molar-refractivity contribution in [3.05, 3.63) is 47.8 Å². The van der Waals surface area contributed by atoms with Gasteiger partial charge in [-0.3, -0.25) is 9.48 Å². The Labute approximate surface area is 118 Å². The van der Waals surface area contributed by atoms with Gasteiger partial charge in [0, 0.05) is 28.9 Å². The number of nitrogens with one attached hydrogen (secondary N) is 1. The Morgan fingerprint density at radius 1 is 1.53 bits per heavy atom. The molecule has 0 aliphatic carbocycles. The fourth-order valence-corrected chi connectivity index (χ4v) is 2.09. The van der Waals surface area contributed by atoms with Gasteiger partial charge in [-0.05, 0) is 37.6 Å². The molecule has 0 fully saturated rings. The number of nitrogens with zero attached hydrogens (tertiary/aromatic N) is 2. The molecule has 4 nitrogen and oxygen atoms in total. The van der Waals surface area contributed by atoms with Crippen LogP contribution in [0.3, 0.4) is 0 Å². The molecule has 1 amide bonds. The number of hydrogen-bond acceptors (Lipinski definition) is 3. The Hall–Kier alpha value is -1.75. The van der Waals surface area contributed by atoms with E-state index in [1.807, 2.05) is 38.2 Å². The minimum absolute atomic E-state index is 0.00961. The highest BCUT2D eigenvalue weighted by molar-refractivity contribution is 7.80. The third-order valence-corrected chi connectivity index (χ3v) is 3.14. The van der Waals surface area contributed by atoms with E-state index in [0.717, 1.165) is 10.5 Å². The molecule has 0 aliphatic heterocycles. The molecule has 0 saturated carbocycles. The molecule has 0 radical (unpaired) electrons. The molecule has 1 N–H and O–H groups in total. The van der Waals surface area contributed by atoms with Crippen LogP contribution in [0.4, 0.5) is 0 Å². The van der Waals surface area contributed by atoms with E-state index in [1.54, 1.807) is 16.9 Å². The van der Waals surface area contributed by atoms with Crippen molar-refractivity contribution in [3.63, 3.8) is 0 Å². The molecule has 0 spiro atoms. The van der Waals surface area contributed by atoms with E-state index < -0.39 is 0 Å². The van der Waals surface area contributed by atoms with Gasteiger partial charge < -0.3 is 5.32 Å². The van der Waals surface area contributed by atoms with Gasteiger partial charge in [-0.1, -0.05) is 6.07 Å². The van der Waals surface area contributed by atoms with Gasteiger partial charge in [0.25, 0.3) is 5.91 Å². The first-order chi connectivity index (χ1) is 9.06. The summed E-state index contributed by atoms with van der Waals surface area (Å²) >= 11 is 4.26. The highest BCUT2D eigenvalue weighted by atomic mass is 32.1. The predicted octanol–water partition coefficient (Wildman–Crippen LogP) is 2.30. The van der Waals surface area contributed by atoms with Crippen LogP contribution in [0.5, 0.6) is 0 Å². The first kappa shape index (κ1) is 13.7. The molecule has 1 aromatic carbocycles. The zero-order valence-electron chi connectivity index (χ0n) is 11.0. The zero-order chi connectivity index (χ0) is 13.8. The smallest absolute Gasteiger partial charge is 0.251 e. The van der Waals surface area contributed by atoms with Gasteiger partial charge in [-0.15, -0.1) is 12.6 Å². The molecule has 1 atom stereocenters. The summed E-state index contributed by atoms with van der Waals surface area (Å²) < 4.78 is 1.80. The molecule has 0 saturated heterocycles. The van der Waals surface area contributed by atoms with E-state index in [2.05, 4.69) is 23.0 Å². The van der Waals surface area contributed by atoms with Crippen molar-refractivity contribution in [2.24, 2.45) is 0 Å². The van der Waals surface area contributed by atoms with Gasteiger partial charge >= 0.3 is 0 Å². The number of thiol groups is 1. The number of aryl methyl sites for hydroxylation is 1. The van der Waals surface area contributed by atoms with E-state index in [9.17, 15) is 4.79 Å². The summed E-state index contributed by atoms with van der Waals surface area (Å²) in [5, 5.41) is 7.09. The third kappa shape index (κ3) is 3.61. The molecule has 0 aliphatic rings. The monoisotopic (exact) mass is 275 g/mol. The Bertz CT molecular complexity index is 566. The number of benzene rings is 1. The predicted molar refractivity (Wildman–Crippen MR) is 77.6 cm³/mol. The summed E-state index contributed by atoms with van der Waals surface area (Å²) in [7, 11) is 0. The van der Waals surface area contributed by atoms with Crippen LogP contribution in [-0.4, -0.2) is 21.7 Å². The maximum atomic E-state index is 12.2. The number of rotatable bonds is 4. The fraction of sp³-hybridized carbons (Fsp3) is 0.286. The molecular weight excluding hydrogens is 258 g/mol. The zero-order valence-corrected chi connectivity index (χ0v) is 11.9. The van der Waals surface area contributed by atoms with Crippen LogP contribution in [-0.2, 0) is 6.54 Å². The number of hydrogen-bond donors (Lipinski definition) is 2. The molecule has 0 bridgehead atoms. The van der Waals surface area contributed by atoms with Gasteiger partial charge in [-0.25, -0.2) is 0 Å². The number of aromatic nitrogens is 2. The van der Waals surface area contributed by atoms with Crippen LogP contribution in [0.25, 0.3) is 0 Å². The standard InChI is InChI=1S/C14H17N3OS/c1-10-4-5-12(19)8-13(10)14(18)16-11(2)9-17-7-3-6-15-17/h3-8,11,19H,9H2,1-2H3,(H,16,18). The van der Waals surface area contributed by atoms with E-state index >= 15 is 0 Å². The highest BCUT2D eigenvalue weighted by Gasteiger charge is 2.12. The molecule has 2 aromatic rings. The summed E-state index contributed by atoms with van der Waals surface area (Å²) in [6, 6.07) is 7.44. The van der Waals surface area contributed by atoms with Crippen molar-refractivity contribution in [1.29, 1.82) is 0 Å². The van der Waals surface area contributed by atoms with Crippen LogP contribution < -0.4 is 5.32 Å². The minimum Gasteiger partial charge on any atom is -0.348 e. The van der Waals surface area contributed by atoms with Crippen LogP contribution >= 0.6 is 12.6 Å². The maximum Gasteiger partial charge on any atom is 0.251 e. The number of carbonyl (C=O) groups is 1. The fourth-order valence-electron chi connectivity index (χ4n) is 1.89. The number of carbonyl (C=O) groups excluding carboxylic acids is 1.